The van der Waals surface area contributed by atoms with Crippen molar-refractivity contribution in [1.82, 2.24) is 10.2 Å². The SMILES string of the molecule is CC(=O)NC1(C(=O)N2CCC(O)(c3ccc(F)cc3)C2)CCCCC1. The molecule has 0 radical (unpaired) electrons. The average molecular weight is 348 g/mol. The number of nitrogens with one attached hydrogen (secondary N) is 1. The molecule has 0 aromatic heterocycles. The van der Waals surface area contributed by atoms with Crippen molar-refractivity contribution < 1.29 is 19.1 Å². The fraction of sp³-hybridized carbons (Fsp3) is 0.579. The van der Waals surface area contributed by atoms with Gasteiger partial charge in [-0.25, -0.2) is 4.39 Å². The molecule has 1 atom stereocenters. The molecule has 5 nitrogen and oxygen atoms in total. The summed E-state index contributed by atoms with van der Waals surface area (Å²) in [6.07, 6.45) is 4.55. The molecule has 2 fully saturated rings. The van der Waals surface area contributed by atoms with E-state index in [-0.39, 0.29) is 24.2 Å². The topological polar surface area (TPSA) is 69.6 Å². The highest BCUT2D eigenvalue weighted by Gasteiger charge is 2.47. The van der Waals surface area contributed by atoms with Gasteiger partial charge in [0.05, 0.1) is 6.54 Å². The van der Waals surface area contributed by atoms with Crippen LogP contribution in [0.5, 0.6) is 0 Å². The van der Waals surface area contributed by atoms with Gasteiger partial charge in [0, 0.05) is 13.5 Å². The molecule has 1 aromatic carbocycles. The third kappa shape index (κ3) is 3.54. The summed E-state index contributed by atoms with van der Waals surface area (Å²) in [6.45, 7) is 2.02. The number of likely N-dealkylation sites (tertiary alicyclic amines) is 1. The van der Waals surface area contributed by atoms with E-state index in [0.29, 0.717) is 31.4 Å². The van der Waals surface area contributed by atoms with Crippen LogP contribution in [-0.2, 0) is 15.2 Å². The van der Waals surface area contributed by atoms with Gasteiger partial charge in [0.15, 0.2) is 0 Å². The standard InChI is InChI=1S/C19H25FN2O3/c1-14(23)21-18(9-3-2-4-10-18)17(24)22-12-11-19(25,13-22)15-5-7-16(20)8-6-15/h5-8,25H,2-4,9-13H2,1H3,(H,21,23). The Labute approximate surface area is 147 Å². The van der Waals surface area contributed by atoms with Crippen LogP contribution in [0.2, 0.25) is 0 Å². The van der Waals surface area contributed by atoms with Crippen molar-refractivity contribution in [1.29, 1.82) is 0 Å². The predicted octanol–water partition coefficient (Wildman–Crippen LogP) is 2.08. The van der Waals surface area contributed by atoms with Crippen molar-refractivity contribution >= 4 is 11.8 Å². The highest BCUT2D eigenvalue weighted by Crippen LogP contribution is 2.36. The highest BCUT2D eigenvalue weighted by molar-refractivity contribution is 5.91. The molecule has 1 aliphatic heterocycles. The Morgan fingerprint density at radius 1 is 1.12 bits per heavy atom. The van der Waals surface area contributed by atoms with Crippen LogP contribution in [0.15, 0.2) is 24.3 Å². The molecule has 1 unspecified atom stereocenters. The van der Waals surface area contributed by atoms with E-state index in [0.717, 1.165) is 19.3 Å². The van der Waals surface area contributed by atoms with E-state index in [2.05, 4.69) is 5.32 Å². The lowest BCUT2D eigenvalue weighted by Crippen LogP contribution is -2.60. The predicted molar refractivity (Wildman–Crippen MR) is 91.1 cm³/mol. The maximum absolute atomic E-state index is 13.2. The number of β-amino-alcohol motifs (C(OH)–C–C–N with tert-alkyl or cyclic N) is 1. The third-order valence-corrected chi connectivity index (χ3v) is 5.45. The number of rotatable bonds is 3. The van der Waals surface area contributed by atoms with Crippen LogP contribution < -0.4 is 5.32 Å². The minimum atomic E-state index is -1.17. The van der Waals surface area contributed by atoms with E-state index in [1.807, 2.05) is 0 Å². The lowest BCUT2D eigenvalue weighted by molar-refractivity contribution is -0.143. The van der Waals surface area contributed by atoms with Crippen molar-refractivity contribution in [3.63, 3.8) is 0 Å². The molecule has 136 valence electrons. The fourth-order valence-corrected chi connectivity index (χ4v) is 4.15. The Hall–Kier alpha value is -1.95. The maximum Gasteiger partial charge on any atom is 0.248 e. The molecule has 1 saturated heterocycles. The number of benzene rings is 1. The summed E-state index contributed by atoms with van der Waals surface area (Å²) in [6, 6.07) is 5.76. The number of hydrogen-bond donors (Lipinski definition) is 2. The van der Waals surface area contributed by atoms with Crippen molar-refractivity contribution in [2.45, 2.75) is 56.6 Å². The van der Waals surface area contributed by atoms with Crippen LogP contribution in [0, 0.1) is 5.82 Å². The van der Waals surface area contributed by atoms with E-state index in [9.17, 15) is 19.1 Å². The fourth-order valence-electron chi connectivity index (χ4n) is 4.15. The summed E-state index contributed by atoms with van der Waals surface area (Å²) in [5.41, 5.74) is -1.41. The summed E-state index contributed by atoms with van der Waals surface area (Å²) < 4.78 is 13.1. The molecule has 1 aromatic rings. The summed E-state index contributed by atoms with van der Waals surface area (Å²) >= 11 is 0. The van der Waals surface area contributed by atoms with Crippen molar-refractivity contribution in [2.24, 2.45) is 0 Å². The Balaban J connectivity index is 1.78. The van der Waals surface area contributed by atoms with Crippen LogP contribution in [0.25, 0.3) is 0 Å². The van der Waals surface area contributed by atoms with Crippen LogP contribution in [-0.4, -0.2) is 40.4 Å². The largest absolute Gasteiger partial charge is 0.383 e. The first-order valence-corrected chi connectivity index (χ1v) is 8.91. The maximum atomic E-state index is 13.2. The number of carbonyl (C=O) groups is 2. The summed E-state index contributed by atoms with van der Waals surface area (Å²) in [5.74, 6) is -0.672. The molecule has 2 N–H and O–H groups in total. The van der Waals surface area contributed by atoms with Gasteiger partial charge < -0.3 is 15.3 Å². The zero-order valence-electron chi connectivity index (χ0n) is 14.6. The van der Waals surface area contributed by atoms with Crippen LogP contribution in [0.1, 0.15) is 51.0 Å². The average Bonchev–Trinajstić information content (AvgIpc) is 2.98. The van der Waals surface area contributed by atoms with Gasteiger partial charge in [0.25, 0.3) is 0 Å². The molecule has 1 saturated carbocycles. The molecule has 0 spiro atoms. The lowest BCUT2D eigenvalue weighted by atomic mass is 9.80. The first-order chi connectivity index (χ1) is 11.8. The molecule has 25 heavy (non-hydrogen) atoms. The second-order valence-corrected chi connectivity index (χ2v) is 7.34. The first kappa shape index (κ1) is 17.9. The minimum Gasteiger partial charge on any atom is -0.383 e. The van der Waals surface area contributed by atoms with Gasteiger partial charge in [-0.1, -0.05) is 31.4 Å². The van der Waals surface area contributed by atoms with E-state index < -0.39 is 11.1 Å². The van der Waals surface area contributed by atoms with Gasteiger partial charge in [0.1, 0.15) is 17.0 Å². The zero-order valence-corrected chi connectivity index (χ0v) is 14.6. The van der Waals surface area contributed by atoms with Gasteiger partial charge >= 0.3 is 0 Å². The Bertz CT molecular complexity index is 655. The number of amides is 2. The van der Waals surface area contributed by atoms with Crippen molar-refractivity contribution in [2.75, 3.05) is 13.1 Å². The van der Waals surface area contributed by atoms with Gasteiger partial charge in [-0.05, 0) is 37.0 Å². The minimum absolute atomic E-state index is 0.111. The van der Waals surface area contributed by atoms with Crippen molar-refractivity contribution in [3.8, 4) is 0 Å². The normalized spacial score (nSPS) is 25.6. The van der Waals surface area contributed by atoms with Crippen LogP contribution in [0.3, 0.4) is 0 Å². The van der Waals surface area contributed by atoms with E-state index in [1.165, 1.54) is 19.1 Å². The third-order valence-electron chi connectivity index (χ3n) is 5.45. The smallest absolute Gasteiger partial charge is 0.248 e. The lowest BCUT2D eigenvalue weighted by Gasteiger charge is -2.39. The quantitative estimate of drug-likeness (QED) is 0.879. The van der Waals surface area contributed by atoms with E-state index in [1.54, 1.807) is 17.0 Å². The van der Waals surface area contributed by atoms with Gasteiger partial charge in [-0.3, -0.25) is 9.59 Å². The Kier molecular flexibility index (Phi) is 4.82. The molecular weight excluding hydrogens is 323 g/mol. The molecule has 1 aliphatic carbocycles. The Morgan fingerprint density at radius 2 is 1.76 bits per heavy atom. The van der Waals surface area contributed by atoms with Crippen LogP contribution in [0.4, 0.5) is 4.39 Å². The summed E-state index contributed by atoms with van der Waals surface area (Å²) in [7, 11) is 0. The number of carbonyl (C=O) groups excluding carboxylic acids is 2. The summed E-state index contributed by atoms with van der Waals surface area (Å²) in [5, 5.41) is 13.8. The van der Waals surface area contributed by atoms with Gasteiger partial charge in [0.2, 0.25) is 11.8 Å². The second-order valence-electron chi connectivity index (χ2n) is 7.34. The number of nitrogens with zero attached hydrogens (tertiary/aromatic N) is 1. The molecule has 1 heterocycles. The zero-order chi connectivity index (χ0) is 18.1. The number of aliphatic hydroxyl groups is 1. The van der Waals surface area contributed by atoms with Crippen molar-refractivity contribution in [3.05, 3.63) is 35.6 Å². The number of halogens is 1. The summed E-state index contributed by atoms with van der Waals surface area (Å²) in [4.78, 5) is 26.5. The molecule has 3 rings (SSSR count). The molecule has 0 bridgehead atoms. The molecular formula is C19H25FN2O3. The van der Waals surface area contributed by atoms with Gasteiger partial charge in [-0.15, -0.1) is 0 Å². The molecule has 2 amide bonds. The monoisotopic (exact) mass is 348 g/mol. The molecule has 6 heteroatoms. The van der Waals surface area contributed by atoms with Gasteiger partial charge in [-0.2, -0.15) is 0 Å². The number of hydrogen-bond acceptors (Lipinski definition) is 3. The first-order valence-electron chi connectivity index (χ1n) is 8.91. The highest BCUT2D eigenvalue weighted by atomic mass is 19.1. The molecule has 2 aliphatic rings. The Morgan fingerprint density at radius 3 is 2.36 bits per heavy atom. The second kappa shape index (κ2) is 6.75. The van der Waals surface area contributed by atoms with E-state index in [4.69, 9.17) is 0 Å². The van der Waals surface area contributed by atoms with E-state index >= 15 is 0 Å². The van der Waals surface area contributed by atoms with Crippen LogP contribution >= 0.6 is 0 Å².